The van der Waals surface area contributed by atoms with Crippen LogP contribution in [-0.4, -0.2) is 42.1 Å². The van der Waals surface area contributed by atoms with Crippen LogP contribution in [0, 0.1) is 5.82 Å². The van der Waals surface area contributed by atoms with Gasteiger partial charge < -0.3 is 15.0 Å². The fraction of sp³-hybridized carbons (Fsp3) is 0.276. The van der Waals surface area contributed by atoms with E-state index in [0.29, 0.717) is 19.4 Å². The van der Waals surface area contributed by atoms with E-state index in [9.17, 15) is 9.18 Å². The quantitative estimate of drug-likeness (QED) is 0.378. The van der Waals surface area contributed by atoms with Gasteiger partial charge in [-0.3, -0.25) is 9.69 Å². The van der Waals surface area contributed by atoms with Gasteiger partial charge in [-0.05, 0) is 59.0 Å². The minimum atomic E-state index is -0.264. The van der Waals surface area contributed by atoms with Crippen molar-refractivity contribution in [2.75, 3.05) is 26.3 Å². The van der Waals surface area contributed by atoms with Crippen molar-refractivity contribution < 1.29 is 13.9 Å². The van der Waals surface area contributed by atoms with Crippen LogP contribution in [0.4, 0.5) is 4.39 Å². The van der Waals surface area contributed by atoms with Crippen LogP contribution in [0.15, 0.2) is 72.8 Å². The zero-order chi connectivity index (χ0) is 24.0. The van der Waals surface area contributed by atoms with Crippen LogP contribution < -0.4 is 5.32 Å². The van der Waals surface area contributed by atoms with Gasteiger partial charge in [0.05, 0.1) is 13.2 Å². The van der Waals surface area contributed by atoms with Crippen LogP contribution in [0.1, 0.15) is 23.1 Å². The molecule has 5 nitrogen and oxygen atoms in total. The number of carbonyl (C=O) groups excluding carboxylic acids is 1. The summed E-state index contributed by atoms with van der Waals surface area (Å²) in [7, 11) is 0. The summed E-state index contributed by atoms with van der Waals surface area (Å²) in [6.45, 7) is 4.78. The molecule has 180 valence electrons. The van der Waals surface area contributed by atoms with E-state index < -0.39 is 0 Å². The standard InChI is InChI=1S/C29H30FN3O2/c30-24-11-9-21(10-12-24)29-26(25-7-3-4-8-27(25)32-29)13-14-28(34)31-19-22-5-1-2-6-23(22)20-33-15-17-35-18-16-33/h1-12,32H,13-20H2,(H,31,34). The number of aromatic nitrogens is 1. The van der Waals surface area contributed by atoms with Crippen LogP contribution in [-0.2, 0) is 29.0 Å². The maximum atomic E-state index is 13.5. The SMILES string of the molecule is O=C(CCc1c(-c2ccc(F)cc2)[nH]c2ccccc12)NCc1ccccc1CN1CCOCC1. The molecule has 3 aromatic carbocycles. The number of amides is 1. The molecule has 0 unspecified atom stereocenters. The molecule has 1 aromatic heterocycles. The molecule has 4 aromatic rings. The van der Waals surface area contributed by atoms with Crippen molar-refractivity contribution >= 4 is 16.8 Å². The molecule has 35 heavy (non-hydrogen) atoms. The van der Waals surface area contributed by atoms with Gasteiger partial charge in [0, 0.05) is 49.2 Å². The first-order chi connectivity index (χ1) is 17.2. The molecule has 1 fully saturated rings. The smallest absolute Gasteiger partial charge is 0.220 e. The van der Waals surface area contributed by atoms with Gasteiger partial charge in [-0.1, -0.05) is 42.5 Å². The lowest BCUT2D eigenvalue weighted by Crippen LogP contribution is -2.36. The monoisotopic (exact) mass is 471 g/mol. The molecule has 1 aliphatic rings. The number of aromatic amines is 1. The first-order valence-corrected chi connectivity index (χ1v) is 12.2. The van der Waals surface area contributed by atoms with Crippen molar-refractivity contribution in [2.45, 2.75) is 25.9 Å². The lowest BCUT2D eigenvalue weighted by Gasteiger charge is -2.27. The highest BCUT2D eigenvalue weighted by molar-refractivity contribution is 5.91. The minimum Gasteiger partial charge on any atom is -0.379 e. The van der Waals surface area contributed by atoms with Crippen molar-refractivity contribution in [3.63, 3.8) is 0 Å². The summed E-state index contributed by atoms with van der Waals surface area (Å²) in [6, 6.07) is 22.8. The molecular formula is C29H30FN3O2. The van der Waals surface area contributed by atoms with Crippen molar-refractivity contribution in [1.82, 2.24) is 15.2 Å². The van der Waals surface area contributed by atoms with Gasteiger partial charge in [0.2, 0.25) is 5.91 Å². The predicted molar refractivity (Wildman–Crippen MR) is 136 cm³/mol. The van der Waals surface area contributed by atoms with Crippen LogP contribution in [0.5, 0.6) is 0 Å². The van der Waals surface area contributed by atoms with E-state index in [0.717, 1.165) is 66.1 Å². The zero-order valence-electron chi connectivity index (χ0n) is 19.7. The number of morpholine rings is 1. The zero-order valence-corrected chi connectivity index (χ0v) is 19.7. The topological polar surface area (TPSA) is 57.4 Å². The summed E-state index contributed by atoms with van der Waals surface area (Å²) in [6.07, 6.45) is 0.972. The number of halogens is 1. The highest BCUT2D eigenvalue weighted by Gasteiger charge is 2.16. The Morgan fingerprint density at radius 2 is 1.66 bits per heavy atom. The van der Waals surface area contributed by atoms with Gasteiger partial charge in [0.1, 0.15) is 5.82 Å². The molecular weight excluding hydrogens is 441 g/mol. The Bertz CT molecular complexity index is 1290. The van der Waals surface area contributed by atoms with E-state index in [-0.39, 0.29) is 11.7 Å². The van der Waals surface area contributed by atoms with E-state index in [1.165, 1.54) is 17.7 Å². The third kappa shape index (κ3) is 5.61. The van der Waals surface area contributed by atoms with Gasteiger partial charge in [0.25, 0.3) is 0 Å². The van der Waals surface area contributed by atoms with Gasteiger partial charge in [-0.2, -0.15) is 0 Å². The molecule has 2 N–H and O–H groups in total. The molecule has 0 spiro atoms. The number of aryl methyl sites for hydroxylation is 1. The second-order valence-electron chi connectivity index (χ2n) is 8.96. The first kappa shape index (κ1) is 23.3. The van der Waals surface area contributed by atoms with E-state index in [4.69, 9.17) is 4.74 Å². The Morgan fingerprint density at radius 1 is 0.943 bits per heavy atom. The Labute approximate surface area is 204 Å². The second kappa shape index (κ2) is 10.8. The van der Waals surface area contributed by atoms with Gasteiger partial charge in [-0.15, -0.1) is 0 Å². The molecule has 1 amide bonds. The van der Waals surface area contributed by atoms with E-state index in [2.05, 4.69) is 39.5 Å². The van der Waals surface area contributed by atoms with Crippen LogP contribution in [0.3, 0.4) is 0 Å². The van der Waals surface area contributed by atoms with Gasteiger partial charge in [0.15, 0.2) is 0 Å². The summed E-state index contributed by atoms with van der Waals surface area (Å²) >= 11 is 0. The average molecular weight is 472 g/mol. The number of H-pyrrole nitrogens is 1. The number of benzene rings is 3. The average Bonchev–Trinajstić information content (AvgIpc) is 3.26. The Hall–Kier alpha value is -3.48. The van der Waals surface area contributed by atoms with E-state index in [1.807, 2.05) is 24.3 Å². The number of fused-ring (bicyclic) bond motifs is 1. The molecule has 1 saturated heterocycles. The molecule has 0 saturated carbocycles. The predicted octanol–water partition coefficient (Wildman–Crippen LogP) is 5.06. The molecule has 2 heterocycles. The normalized spacial score (nSPS) is 14.3. The highest BCUT2D eigenvalue weighted by Crippen LogP contribution is 2.31. The number of nitrogens with one attached hydrogen (secondary N) is 2. The first-order valence-electron chi connectivity index (χ1n) is 12.2. The minimum absolute atomic E-state index is 0.0153. The van der Waals surface area contributed by atoms with Crippen molar-refractivity contribution in [3.8, 4) is 11.3 Å². The fourth-order valence-electron chi connectivity index (χ4n) is 4.73. The summed E-state index contributed by atoms with van der Waals surface area (Å²) in [5, 5.41) is 4.20. The second-order valence-corrected chi connectivity index (χ2v) is 8.96. The lowest BCUT2D eigenvalue weighted by molar-refractivity contribution is -0.121. The number of ether oxygens (including phenoxy) is 1. The van der Waals surface area contributed by atoms with Gasteiger partial charge in [-0.25, -0.2) is 4.39 Å². The third-order valence-corrected chi connectivity index (χ3v) is 6.64. The van der Waals surface area contributed by atoms with E-state index in [1.54, 1.807) is 12.1 Å². The number of rotatable bonds is 8. The Morgan fingerprint density at radius 3 is 2.46 bits per heavy atom. The molecule has 6 heteroatoms. The number of hydrogen-bond acceptors (Lipinski definition) is 3. The summed E-state index contributed by atoms with van der Waals surface area (Å²) < 4.78 is 18.9. The third-order valence-electron chi connectivity index (χ3n) is 6.64. The molecule has 1 aliphatic heterocycles. The molecule has 5 rings (SSSR count). The van der Waals surface area contributed by atoms with Crippen molar-refractivity contribution in [2.24, 2.45) is 0 Å². The number of carbonyl (C=O) groups is 1. The lowest BCUT2D eigenvalue weighted by atomic mass is 10.0. The van der Waals surface area contributed by atoms with Crippen molar-refractivity contribution in [3.05, 3.63) is 95.3 Å². The summed E-state index contributed by atoms with van der Waals surface area (Å²) in [5.41, 5.74) is 6.33. The Kier molecular flexibility index (Phi) is 7.21. The Balaban J connectivity index is 1.26. The largest absolute Gasteiger partial charge is 0.379 e. The molecule has 0 bridgehead atoms. The van der Waals surface area contributed by atoms with Crippen molar-refractivity contribution in [1.29, 1.82) is 0 Å². The van der Waals surface area contributed by atoms with Crippen LogP contribution in [0.2, 0.25) is 0 Å². The van der Waals surface area contributed by atoms with Gasteiger partial charge >= 0.3 is 0 Å². The maximum absolute atomic E-state index is 13.5. The van der Waals surface area contributed by atoms with Crippen LogP contribution in [0.25, 0.3) is 22.2 Å². The molecule has 0 atom stereocenters. The number of nitrogens with zero attached hydrogens (tertiary/aromatic N) is 1. The number of para-hydroxylation sites is 1. The van der Waals surface area contributed by atoms with E-state index >= 15 is 0 Å². The number of hydrogen-bond donors (Lipinski definition) is 2. The highest BCUT2D eigenvalue weighted by atomic mass is 19.1. The summed E-state index contributed by atoms with van der Waals surface area (Å²) in [4.78, 5) is 18.7. The summed E-state index contributed by atoms with van der Waals surface area (Å²) in [5.74, 6) is -0.249. The molecule has 0 aliphatic carbocycles. The fourth-order valence-corrected chi connectivity index (χ4v) is 4.73. The van der Waals surface area contributed by atoms with Crippen LogP contribution >= 0.6 is 0 Å². The maximum Gasteiger partial charge on any atom is 0.220 e. The molecule has 0 radical (unpaired) electrons.